The third-order valence-corrected chi connectivity index (χ3v) is 2.99. The number of rotatable bonds is 7. The van der Waals surface area contributed by atoms with Crippen molar-refractivity contribution in [2.45, 2.75) is 13.8 Å². The van der Waals surface area contributed by atoms with Gasteiger partial charge in [-0.3, -0.25) is 0 Å². The van der Waals surface area contributed by atoms with Gasteiger partial charge in [0, 0.05) is 25.3 Å². The van der Waals surface area contributed by atoms with Crippen LogP contribution in [-0.2, 0) is 0 Å². The van der Waals surface area contributed by atoms with E-state index >= 15 is 0 Å². The molecule has 0 amide bonds. The van der Waals surface area contributed by atoms with Gasteiger partial charge >= 0.3 is 5.97 Å². The number of aromatic carboxylic acids is 1. The van der Waals surface area contributed by atoms with Gasteiger partial charge in [0.1, 0.15) is 0 Å². The van der Waals surface area contributed by atoms with Gasteiger partial charge in [0.2, 0.25) is 0 Å². The lowest BCUT2D eigenvalue weighted by atomic mass is 10.1. The fourth-order valence-corrected chi connectivity index (χ4v) is 2.07. The van der Waals surface area contributed by atoms with E-state index in [4.69, 9.17) is 5.73 Å². The summed E-state index contributed by atoms with van der Waals surface area (Å²) in [5.74, 6) is -0.484. The molecule has 0 spiro atoms. The van der Waals surface area contributed by atoms with E-state index in [1.165, 1.54) is 6.07 Å². The SMILES string of the molecule is CC(C)CN(CCN(C)C)c1ccc(N)cc1C(=O)O. The molecule has 1 aromatic carbocycles. The molecular formula is C15H25N3O2. The zero-order valence-corrected chi connectivity index (χ0v) is 12.8. The zero-order valence-electron chi connectivity index (χ0n) is 12.8. The number of nitrogens with zero attached hydrogens (tertiary/aromatic N) is 2. The molecule has 112 valence electrons. The highest BCUT2D eigenvalue weighted by molar-refractivity contribution is 5.95. The summed E-state index contributed by atoms with van der Waals surface area (Å²) >= 11 is 0. The monoisotopic (exact) mass is 279 g/mol. The second-order valence-electron chi connectivity index (χ2n) is 5.72. The van der Waals surface area contributed by atoms with Crippen LogP contribution in [0.2, 0.25) is 0 Å². The Labute approximate surface area is 121 Å². The van der Waals surface area contributed by atoms with Gasteiger partial charge < -0.3 is 20.6 Å². The average Bonchev–Trinajstić information content (AvgIpc) is 2.33. The Hall–Kier alpha value is -1.75. The average molecular weight is 279 g/mol. The van der Waals surface area contributed by atoms with Crippen molar-refractivity contribution in [3.05, 3.63) is 23.8 Å². The molecule has 0 unspecified atom stereocenters. The molecule has 5 nitrogen and oxygen atoms in total. The molecule has 0 heterocycles. The van der Waals surface area contributed by atoms with Gasteiger partial charge in [-0.05, 0) is 38.2 Å². The minimum Gasteiger partial charge on any atom is -0.478 e. The molecule has 1 aromatic rings. The highest BCUT2D eigenvalue weighted by Gasteiger charge is 2.17. The molecular weight excluding hydrogens is 254 g/mol. The molecule has 0 atom stereocenters. The molecule has 0 aliphatic rings. The Balaban J connectivity index is 3.08. The number of benzene rings is 1. The first-order valence-corrected chi connectivity index (χ1v) is 6.83. The van der Waals surface area contributed by atoms with Crippen molar-refractivity contribution in [2.24, 2.45) is 5.92 Å². The lowest BCUT2D eigenvalue weighted by molar-refractivity contribution is 0.0697. The maximum Gasteiger partial charge on any atom is 0.337 e. The number of nitrogens with two attached hydrogens (primary N) is 1. The van der Waals surface area contributed by atoms with Crippen molar-refractivity contribution in [1.82, 2.24) is 4.90 Å². The summed E-state index contributed by atoms with van der Waals surface area (Å²) in [6.07, 6.45) is 0. The third-order valence-electron chi connectivity index (χ3n) is 2.99. The molecule has 5 heteroatoms. The van der Waals surface area contributed by atoms with Crippen LogP contribution in [0.15, 0.2) is 18.2 Å². The number of nitrogen functional groups attached to an aromatic ring is 1. The first-order chi connectivity index (χ1) is 9.31. The van der Waals surface area contributed by atoms with Crippen molar-refractivity contribution in [3.63, 3.8) is 0 Å². The third kappa shape index (κ3) is 4.74. The minimum atomic E-state index is -0.939. The van der Waals surface area contributed by atoms with E-state index in [-0.39, 0.29) is 5.56 Å². The lowest BCUT2D eigenvalue weighted by Crippen LogP contribution is -2.35. The largest absolute Gasteiger partial charge is 0.478 e. The fourth-order valence-electron chi connectivity index (χ4n) is 2.07. The first kappa shape index (κ1) is 16.3. The predicted molar refractivity (Wildman–Crippen MR) is 83.4 cm³/mol. The number of anilines is 2. The highest BCUT2D eigenvalue weighted by atomic mass is 16.4. The molecule has 0 aliphatic carbocycles. The van der Waals surface area contributed by atoms with Gasteiger partial charge in [-0.2, -0.15) is 0 Å². The molecule has 3 N–H and O–H groups in total. The molecule has 0 saturated heterocycles. The van der Waals surface area contributed by atoms with E-state index in [2.05, 4.69) is 23.6 Å². The van der Waals surface area contributed by atoms with Crippen molar-refractivity contribution >= 4 is 17.3 Å². The summed E-state index contributed by atoms with van der Waals surface area (Å²) in [6, 6.07) is 5.09. The van der Waals surface area contributed by atoms with E-state index in [9.17, 15) is 9.90 Å². The Morgan fingerprint density at radius 1 is 1.30 bits per heavy atom. The van der Waals surface area contributed by atoms with Crippen molar-refractivity contribution in [1.29, 1.82) is 0 Å². The van der Waals surface area contributed by atoms with Crippen LogP contribution < -0.4 is 10.6 Å². The Kier molecular flexibility index (Phi) is 5.82. The molecule has 0 aromatic heterocycles. The van der Waals surface area contributed by atoms with E-state index in [1.54, 1.807) is 12.1 Å². The molecule has 0 saturated carbocycles. The molecule has 0 radical (unpaired) electrons. The molecule has 20 heavy (non-hydrogen) atoms. The summed E-state index contributed by atoms with van der Waals surface area (Å²) < 4.78 is 0. The van der Waals surface area contributed by atoms with Crippen LogP contribution >= 0.6 is 0 Å². The predicted octanol–water partition coefficient (Wildman–Crippen LogP) is 1.99. The number of likely N-dealkylation sites (N-methyl/N-ethyl adjacent to an activating group) is 1. The number of carboxylic acids is 1. The first-order valence-electron chi connectivity index (χ1n) is 6.83. The van der Waals surface area contributed by atoms with Crippen LogP contribution in [0.25, 0.3) is 0 Å². The summed E-state index contributed by atoms with van der Waals surface area (Å²) in [7, 11) is 4.02. The van der Waals surface area contributed by atoms with Gasteiger partial charge in [0.15, 0.2) is 0 Å². The van der Waals surface area contributed by atoms with Gasteiger partial charge in [-0.15, -0.1) is 0 Å². The maximum atomic E-state index is 11.4. The number of hydrogen-bond acceptors (Lipinski definition) is 4. The minimum absolute atomic E-state index is 0.268. The summed E-state index contributed by atoms with van der Waals surface area (Å²) in [5.41, 5.74) is 7.18. The van der Waals surface area contributed by atoms with Crippen LogP contribution in [0.1, 0.15) is 24.2 Å². The second-order valence-corrected chi connectivity index (χ2v) is 5.72. The number of carbonyl (C=O) groups is 1. The second kappa shape index (κ2) is 7.14. The van der Waals surface area contributed by atoms with E-state index in [1.807, 2.05) is 14.1 Å². The summed E-state index contributed by atoms with van der Waals surface area (Å²) in [5, 5.41) is 9.36. The van der Waals surface area contributed by atoms with Gasteiger partial charge in [-0.25, -0.2) is 4.79 Å². The van der Waals surface area contributed by atoms with E-state index < -0.39 is 5.97 Å². The van der Waals surface area contributed by atoms with Crippen molar-refractivity contribution < 1.29 is 9.90 Å². The fraction of sp³-hybridized carbons (Fsp3) is 0.533. The van der Waals surface area contributed by atoms with Crippen LogP contribution in [-0.4, -0.2) is 49.7 Å². The normalized spacial score (nSPS) is 11.1. The molecule has 0 fully saturated rings. The smallest absolute Gasteiger partial charge is 0.337 e. The Morgan fingerprint density at radius 2 is 1.95 bits per heavy atom. The molecule has 0 bridgehead atoms. The Bertz CT molecular complexity index is 458. The van der Waals surface area contributed by atoms with Crippen LogP contribution in [0, 0.1) is 5.92 Å². The van der Waals surface area contributed by atoms with E-state index in [0.717, 1.165) is 25.3 Å². The van der Waals surface area contributed by atoms with Gasteiger partial charge in [0.25, 0.3) is 0 Å². The Morgan fingerprint density at radius 3 is 2.45 bits per heavy atom. The lowest BCUT2D eigenvalue weighted by Gasteiger charge is -2.29. The zero-order chi connectivity index (χ0) is 15.3. The maximum absolute atomic E-state index is 11.4. The number of carboxylic acid groups (broad SMARTS) is 1. The highest BCUT2D eigenvalue weighted by Crippen LogP contribution is 2.24. The summed E-state index contributed by atoms with van der Waals surface area (Å²) in [6.45, 7) is 6.73. The molecule has 1 rings (SSSR count). The van der Waals surface area contributed by atoms with E-state index in [0.29, 0.717) is 11.6 Å². The van der Waals surface area contributed by atoms with Gasteiger partial charge in [-0.1, -0.05) is 13.8 Å². The van der Waals surface area contributed by atoms with Crippen LogP contribution in [0.3, 0.4) is 0 Å². The standard InChI is InChI=1S/C15H25N3O2/c1-11(2)10-18(8-7-17(3)4)14-6-5-12(16)9-13(14)15(19)20/h5-6,9,11H,7-8,10,16H2,1-4H3,(H,19,20). The molecule has 0 aliphatic heterocycles. The number of hydrogen-bond donors (Lipinski definition) is 2. The quantitative estimate of drug-likeness (QED) is 0.747. The van der Waals surface area contributed by atoms with Crippen LogP contribution in [0.5, 0.6) is 0 Å². The van der Waals surface area contributed by atoms with Crippen molar-refractivity contribution in [2.75, 3.05) is 44.4 Å². The van der Waals surface area contributed by atoms with Crippen LogP contribution in [0.4, 0.5) is 11.4 Å². The van der Waals surface area contributed by atoms with Crippen molar-refractivity contribution in [3.8, 4) is 0 Å². The van der Waals surface area contributed by atoms with Gasteiger partial charge in [0.05, 0.1) is 11.3 Å². The summed E-state index contributed by atoms with van der Waals surface area (Å²) in [4.78, 5) is 15.6. The topological polar surface area (TPSA) is 69.8 Å².